The highest BCUT2D eigenvalue weighted by molar-refractivity contribution is 7.99. The summed E-state index contributed by atoms with van der Waals surface area (Å²) in [6.07, 6.45) is 6.08. The molecular weight excluding hydrogens is 448 g/mol. The predicted octanol–water partition coefficient (Wildman–Crippen LogP) is 4.58. The van der Waals surface area contributed by atoms with Crippen LogP contribution in [0.2, 0.25) is 0 Å². The fraction of sp³-hybridized carbons (Fsp3) is 0.346. The molecule has 0 bridgehead atoms. The lowest BCUT2D eigenvalue weighted by atomic mass is 10.1. The molecule has 3 heterocycles. The van der Waals surface area contributed by atoms with E-state index in [0.29, 0.717) is 13.0 Å². The van der Waals surface area contributed by atoms with Gasteiger partial charge in [-0.2, -0.15) is 0 Å². The first-order valence-corrected chi connectivity index (χ1v) is 12.4. The van der Waals surface area contributed by atoms with E-state index in [1.54, 1.807) is 24.2 Å². The topological polar surface area (TPSA) is 76.6 Å². The molecule has 1 N–H and O–H groups in total. The van der Waals surface area contributed by atoms with Crippen molar-refractivity contribution in [3.8, 4) is 0 Å². The maximum atomic E-state index is 11.4. The summed E-state index contributed by atoms with van der Waals surface area (Å²) in [6.45, 7) is 3.58. The van der Waals surface area contributed by atoms with Crippen LogP contribution >= 0.6 is 11.8 Å². The lowest BCUT2D eigenvalue weighted by Crippen LogP contribution is -2.36. The van der Waals surface area contributed by atoms with E-state index in [-0.39, 0.29) is 12.1 Å². The van der Waals surface area contributed by atoms with E-state index in [1.807, 2.05) is 24.3 Å². The van der Waals surface area contributed by atoms with Gasteiger partial charge < -0.3 is 14.8 Å². The van der Waals surface area contributed by atoms with Gasteiger partial charge in [-0.15, -0.1) is 0 Å². The number of hydrogen-bond acceptors (Lipinski definition) is 8. The number of esters is 1. The smallest absolute Gasteiger partial charge is 0.309 e. The third-order valence-corrected chi connectivity index (χ3v) is 7.26. The first-order chi connectivity index (χ1) is 16.7. The lowest BCUT2D eigenvalue weighted by molar-refractivity contribution is -0.139. The summed E-state index contributed by atoms with van der Waals surface area (Å²) in [5.41, 5.74) is 4.48. The minimum atomic E-state index is -0.221. The van der Waals surface area contributed by atoms with Gasteiger partial charge in [-0.1, -0.05) is 42.1 Å². The molecule has 0 amide bonds. The second-order valence-electron chi connectivity index (χ2n) is 8.62. The van der Waals surface area contributed by atoms with Gasteiger partial charge in [0.2, 0.25) is 0 Å². The fourth-order valence-corrected chi connectivity index (χ4v) is 5.16. The van der Waals surface area contributed by atoms with Crippen molar-refractivity contribution in [1.29, 1.82) is 0 Å². The number of ether oxygens (including phenoxy) is 2. The SMILES string of the molecule is COC(=O)Cc1ccc(COC2CCN(Cc3ccc4c(c3)Nc3nccnc3S4)CC2)cc1. The van der Waals surface area contributed by atoms with Gasteiger partial charge >= 0.3 is 5.97 Å². The number of nitrogens with one attached hydrogen (secondary N) is 1. The molecule has 0 spiro atoms. The summed E-state index contributed by atoms with van der Waals surface area (Å²) in [5.74, 6) is 0.606. The third-order valence-electron chi connectivity index (χ3n) is 6.19. The number of rotatable bonds is 7. The number of hydrogen-bond donors (Lipinski definition) is 1. The number of anilines is 2. The van der Waals surface area contributed by atoms with Crippen LogP contribution < -0.4 is 5.32 Å². The maximum Gasteiger partial charge on any atom is 0.309 e. The van der Waals surface area contributed by atoms with E-state index in [4.69, 9.17) is 9.47 Å². The number of fused-ring (bicyclic) bond motifs is 2. The average molecular weight is 477 g/mol. The largest absolute Gasteiger partial charge is 0.469 e. The van der Waals surface area contributed by atoms with Crippen LogP contribution in [0.1, 0.15) is 29.5 Å². The summed E-state index contributed by atoms with van der Waals surface area (Å²) in [4.78, 5) is 23.9. The normalized spacial score (nSPS) is 15.8. The molecule has 7 nitrogen and oxygen atoms in total. The molecule has 1 aromatic heterocycles. The van der Waals surface area contributed by atoms with Gasteiger partial charge in [0.15, 0.2) is 5.82 Å². The molecule has 0 radical (unpaired) electrons. The van der Waals surface area contributed by atoms with Crippen LogP contribution in [0.5, 0.6) is 0 Å². The van der Waals surface area contributed by atoms with Crippen LogP contribution in [0.25, 0.3) is 0 Å². The second kappa shape index (κ2) is 10.5. The molecule has 1 saturated heterocycles. The second-order valence-corrected chi connectivity index (χ2v) is 9.65. The standard InChI is InChI=1S/C26H28N4O3S/c1-32-24(31)15-18-2-4-19(5-3-18)17-33-21-8-12-30(13-9-21)16-20-6-7-23-22(14-20)29-25-26(34-23)28-11-10-27-25/h2-7,10-11,14,21H,8-9,12-13,15-17H2,1H3,(H,27,29). The van der Waals surface area contributed by atoms with Crippen molar-refractivity contribution in [1.82, 2.24) is 14.9 Å². The average Bonchev–Trinajstić information content (AvgIpc) is 2.88. The Morgan fingerprint density at radius 1 is 1.06 bits per heavy atom. The molecule has 2 aliphatic heterocycles. The van der Waals surface area contributed by atoms with Crippen LogP contribution in [0.15, 0.2) is 64.8 Å². The zero-order valence-corrected chi connectivity index (χ0v) is 20.0. The molecule has 0 atom stereocenters. The minimum Gasteiger partial charge on any atom is -0.469 e. The zero-order chi connectivity index (χ0) is 23.3. The van der Waals surface area contributed by atoms with Gasteiger partial charge in [0, 0.05) is 36.9 Å². The van der Waals surface area contributed by atoms with Gasteiger partial charge in [0.05, 0.1) is 31.9 Å². The van der Waals surface area contributed by atoms with Crippen molar-refractivity contribution in [3.63, 3.8) is 0 Å². The van der Waals surface area contributed by atoms with E-state index >= 15 is 0 Å². The van der Waals surface area contributed by atoms with Crippen LogP contribution in [0, 0.1) is 0 Å². The molecule has 1 fully saturated rings. The molecule has 0 unspecified atom stereocenters. The van der Waals surface area contributed by atoms with Gasteiger partial charge in [-0.05, 0) is 41.7 Å². The molecular formula is C26H28N4O3S. The number of likely N-dealkylation sites (tertiary alicyclic amines) is 1. The number of nitrogens with zero attached hydrogens (tertiary/aromatic N) is 3. The first-order valence-electron chi connectivity index (χ1n) is 11.5. The Morgan fingerprint density at radius 3 is 2.59 bits per heavy atom. The summed E-state index contributed by atoms with van der Waals surface area (Å²) in [6, 6.07) is 14.6. The van der Waals surface area contributed by atoms with Crippen molar-refractivity contribution < 1.29 is 14.3 Å². The highest BCUT2D eigenvalue weighted by atomic mass is 32.2. The summed E-state index contributed by atoms with van der Waals surface area (Å²) < 4.78 is 10.9. The minimum absolute atomic E-state index is 0.221. The third kappa shape index (κ3) is 5.58. The van der Waals surface area contributed by atoms with Crippen molar-refractivity contribution in [2.45, 2.75) is 48.4 Å². The molecule has 0 aliphatic carbocycles. The van der Waals surface area contributed by atoms with E-state index in [0.717, 1.165) is 60.1 Å². The fourth-order valence-electron chi connectivity index (χ4n) is 4.28. The molecule has 176 valence electrons. The number of carbonyl (C=O) groups is 1. The Hall–Kier alpha value is -2.94. The molecule has 3 aromatic rings. The molecule has 5 rings (SSSR count). The van der Waals surface area contributed by atoms with E-state index in [1.165, 1.54) is 17.6 Å². The Labute approximate surface area is 203 Å². The Morgan fingerprint density at radius 2 is 1.79 bits per heavy atom. The van der Waals surface area contributed by atoms with Crippen molar-refractivity contribution in [2.24, 2.45) is 0 Å². The zero-order valence-electron chi connectivity index (χ0n) is 19.2. The highest BCUT2D eigenvalue weighted by Crippen LogP contribution is 2.42. The molecule has 8 heteroatoms. The quantitative estimate of drug-likeness (QED) is 0.389. The number of piperidine rings is 1. The van der Waals surface area contributed by atoms with Gasteiger partial charge in [0.25, 0.3) is 0 Å². The number of carbonyl (C=O) groups excluding carboxylic acids is 1. The van der Waals surface area contributed by atoms with Crippen LogP contribution in [0.3, 0.4) is 0 Å². The summed E-state index contributed by atoms with van der Waals surface area (Å²) in [5, 5.41) is 4.34. The number of aromatic nitrogens is 2. The van der Waals surface area contributed by atoms with E-state index in [2.05, 4.69) is 38.4 Å². The Balaban J connectivity index is 1.08. The van der Waals surface area contributed by atoms with E-state index in [9.17, 15) is 4.79 Å². The lowest BCUT2D eigenvalue weighted by Gasteiger charge is -2.32. The molecule has 2 aromatic carbocycles. The Bertz CT molecular complexity index is 1150. The summed E-state index contributed by atoms with van der Waals surface area (Å²) in [7, 11) is 1.41. The van der Waals surface area contributed by atoms with Crippen LogP contribution in [-0.2, 0) is 33.8 Å². The monoisotopic (exact) mass is 476 g/mol. The number of methoxy groups -OCH3 is 1. The van der Waals surface area contributed by atoms with Crippen LogP contribution in [0.4, 0.5) is 11.5 Å². The van der Waals surface area contributed by atoms with Crippen molar-refractivity contribution in [3.05, 3.63) is 71.5 Å². The van der Waals surface area contributed by atoms with Gasteiger partial charge in [0.1, 0.15) is 5.03 Å². The Kier molecular flexibility index (Phi) is 7.08. The van der Waals surface area contributed by atoms with Gasteiger partial charge in [-0.25, -0.2) is 9.97 Å². The highest BCUT2D eigenvalue weighted by Gasteiger charge is 2.21. The predicted molar refractivity (Wildman–Crippen MR) is 131 cm³/mol. The van der Waals surface area contributed by atoms with Crippen molar-refractivity contribution in [2.75, 3.05) is 25.5 Å². The van der Waals surface area contributed by atoms with Gasteiger partial charge in [-0.3, -0.25) is 9.69 Å². The number of benzene rings is 2. The summed E-state index contributed by atoms with van der Waals surface area (Å²) >= 11 is 1.66. The molecule has 34 heavy (non-hydrogen) atoms. The van der Waals surface area contributed by atoms with Crippen LogP contribution in [-0.4, -0.2) is 47.1 Å². The maximum absolute atomic E-state index is 11.4. The molecule has 0 saturated carbocycles. The van der Waals surface area contributed by atoms with E-state index < -0.39 is 0 Å². The molecule has 2 aliphatic rings. The van der Waals surface area contributed by atoms with Crippen molar-refractivity contribution >= 4 is 29.2 Å². The first kappa shape index (κ1) is 22.8.